The lowest BCUT2D eigenvalue weighted by atomic mass is 10.1. The molecule has 3 aromatic rings. The van der Waals surface area contributed by atoms with Crippen LogP contribution >= 0.6 is 15.9 Å². The van der Waals surface area contributed by atoms with Crippen molar-refractivity contribution in [3.8, 4) is 17.0 Å². The topological polar surface area (TPSA) is 119 Å². The summed E-state index contributed by atoms with van der Waals surface area (Å²) in [6, 6.07) is 5.78. The molecule has 0 fully saturated rings. The maximum atomic E-state index is 14.2. The second-order valence-electron chi connectivity index (χ2n) is 7.00. The molecule has 1 amide bonds. The van der Waals surface area contributed by atoms with Crippen LogP contribution in [0.15, 0.2) is 45.5 Å². The van der Waals surface area contributed by atoms with E-state index in [1.54, 1.807) is 0 Å². The van der Waals surface area contributed by atoms with Crippen molar-refractivity contribution in [3.05, 3.63) is 69.7 Å². The molecule has 4 N–H and O–H groups in total. The van der Waals surface area contributed by atoms with Gasteiger partial charge in [0.1, 0.15) is 17.1 Å². The maximum absolute atomic E-state index is 14.2. The van der Waals surface area contributed by atoms with E-state index in [1.165, 1.54) is 12.1 Å². The van der Waals surface area contributed by atoms with E-state index >= 15 is 0 Å². The number of ether oxygens (including phenoxy) is 1. The van der Waals surface area contributed by atoms with E-state index in [1.807, 2.05) is 0 Å². The number of nitrogens with zero attached hydrogens (tertiary/aromatic N) is 1. The maximum Gasteiger partial charge on any atom is 0.416 e. The largest absolute Gasteiger partial charge is 0.490 e. The van der Waals surface area contributed by atoms with Gasteiger partial charge in [-0.15, -0.1) is 0 Å². The quantitative estimate of drug-likeness (QED) is 0.358. The first-order chi connectivity index (χ1) is 15.9. The van der Waals surface area contributed by atoms with Crippen LogP contribution in [0.25, 0.3) is 11.3 Å². The minimum Gasteiger partial charge on any atom is -0.490 e. The molecule has 0 aliphatic rings. The Morgan fingerprint density at radius 1 is 1.15 bits per heavy atom. The summed E-state index contributed by atoms with van der Waals surface area (Å²) in [4.78, 5) is 15.2. The molecule has 0 saturated carbocycles. The van der Waals surface area contributed by atoms with Crippen LogP contribution in [0.1, 0.15) is 34.3 Å². The Morgan fingerprint density at radius 2 is 1.79 bits per heavy atom. The fourth-order valence-electron chi connectivity index (χ4n) is 2.92. The van der Waals surface area contributed by atoms with Crippen molar-refractivity contribution in [1.82, 2.24) is 4.98 Å². The molecule has 0 spiro atoms. The zero-order valence-electron chi connectivity index (χ0n) is 16.9. The number of oxazole rings is 1. The summed E-state index contributed by atoms with van der Waals surface area (Å²) in [5.41, 5.74) is 3.46. The van der Waals surface area contributed by atoms with Crippen LogP contribution in [0.2, 0.25) is 0 Å². The second kappa shape index (κ2) is 10.1. The number of aliphatic hydroxyl groups excluding tert-OH is 2. The Labute approximate surface area is 197 Å². The summed E-state index contributed by atoms with van der Waals surface area (Å²) < 4.78 is 76.3. The number of nitrogens with two attached hydrogens (primary N) is 1. The highest BCUT2D eigenvalue weighted by atomic mass is 79.9. The van der Waals surface area contributed by atoms with Crippen LogP contribution in [0.5, 0.6) is 5.75 Å². The first-order valence-corrected chi connectivity index (χ1v) is 10.3. The predicted molar refractivity (Wildman–Crippen MR) is 111 cm³/mol. The van der Waals surface area contributed by atoms with Crippen LogP contribution in [0, 0.1) is 11.6 Å². The number of hydrogen-bond acceptors (Lipinski definition) is 6. The van der Waals surface area contributed by atoms with Gasteiger partial charge in [-0.2, -0.15) is 13.2 Å². The molecule has 34 heavy (non-hydrogen) atoms. The number of alkyl halides is 3. The number of carbonyl (C=O) groups excluding carboxylic acids is 1. The molecule has 0 aliphatic heterocycles. The number of rotatable bonds is 8. The first kappa shape index (κ1) is 25.6. The molecule has 0 radical (unpaired) electrons. The van der Waals surface area contributed by atoms with Gasteiger partial charge in [0.25, 0.3) is 5.91 Å². The molecular formula is C21H16BrF5N2O5. The molecule has 0 saturated heterocycles. The standard InChI is InChI=1S/C21H16BrF5N2O5/c22-18-16(9-1-3-10(4-2-9)21(25,26)27)29-20(34-18)17(31)12(30)7-8-33-13-6-5-11(23)14(15(13)24)19(28)32/h1-6,12,17,30-31H,7-8H2,(H2,28,32). The summed E-state index contributed by atoms with van der Waals surface area (Å²) in [7, 11) is 0. The summed E-state index contributed by atoms with van der Waals surface area (Å²) in [5.74, 6) is -4.61. The summed E-state index contributed by atoms with van der Waals surface area (Å²) in [6.45, 7) is -0.355. The van der Waals surface area contributed by atoms with Crippen molar-refractivity contribution < 1.29 is 46.1 Å². The average Bonchev–Trinajstić information content (AvgIpc) is 3.15. The van der Waals surface area contributed by atoms with Gasteiger partial charge in [-0.3, -0.25) is 4.79 Å². The summed E-state index contributed by atoms with van der Waals surface area (Å²) >= 11 is 3.07. The van der Waals surface area contributed by atoms with E-state index in [9.17, 15) is 37.0 Å². The SMILES string of the molecule is NC(=O)c1c(F)ccc(OCCC(O)C(O)c2nc(-c3ccc(C(F)(F)F)cc3)c(Br)o2)c1F. The number of primary amides is 1. The van der Waals surface area contributed by atoms with Crippen molar-refractivity contribution in [2.45, 2.75) is 24.8 Å². The van der Waals surface area contributed by atoms with E-state index in [-0.39, 0.29) is 34.8 Å². The van der Waals surface area contributed by atoms with Crippen LogP contribution in [0.3, 0.4) is 0 Å². The molecule has 1 aromatic heterocycles. The Morgan fingerprint density at radius 3 is 2.38 bits per heavy atom. The second-order valence-corrected chi connectivity index (χ2v) is 7.72. The van der Waals surface area contributed by atoms with Crippen molar-refractivity contribution in [2.24, 2.45) is 5.73 Å². The lowest BCUT2D eigenvalue weighted by Gasteiger charge is -2.16. The zero-order valence-corrected chi connectivity index (χ0v) is 18.5. The lowest BCUT2D eigenvalue weighted by Crippen LogP contribution is -2.22. The Kier molecular flexibility index (Phi) is 7.58. The third-order valence-corrected chi connectivity index (χ3v) is 5.22. The molecule has 0 bridgehead atoms. The average molecular weight is 551 g/mol. The monoisotopic (exact) mass is 550 g/mol. The van der Waals surface area contributed by atoms with Crippen LogP contribution < -0.4 is 10.5 Å². The first-order valence-electron chi connectivity index (χ1n) is 9.50. The van der Waals surface area contributed by atoms with Crippen molar-refractivity contribution >= 4 is 21.8 Å². The predicted octanol–water partition coefficient (Wildman–Crippen LogP) is 4.36. The molecule has 2 atom stereocenters. The number of aliphatic hydroxyl groups is 2. The number of halogens is 6. The van der Waals surface area contributed by atoms with Gasteiger partial charge in [0.2, 0.25) is 5.89 Å². The van der Waals surface area contributed by atoms with Gasteiger partial charge in [0, 0.05) is 12.0 Å². The summed E-state index contributed by atoms with van der Waals surface area (Å²) in [6.07, 6.45) is -7.95. The number of benzene rings is 2. The van der Waals surface area contributed by atoms with E-state index in [0.717, 1.165) is 24.3 Å². The number of aromatic nitrogens is 1. The minimum atomic E-state index is -4.51. The molecular weight excluding hydrogens is 535 g/mol. The molecule has 13 heteroatoms. The van der Waals surface area contributed by atoms with Crippen LogP contribution in [-0.4, -0.2) is 33.8 Å². The van der Waals surface area contributed by atoms with Gasteiger partial charge in [-0.1, -0.05) is 12.1 Å². The Bertz CT molecular complexity index is 1180. The molecule has 2 aromatic carbocycles. The smallest absolute Gasteiger partial charge is 0.416 e. The van der Waals surface area contributed by atoms with Crippen molar-refractivity contribution in [3.63, 3.8) is 0 Å². The molecule has 1 heterocycles. The lowest BCUT2D eigenvalue weighted by molar-refractivity contribution is -0.137. The highest BCUT2D eigenvalue weighted by Gasteiger charge is 2.31. The van der Waals surface area contributed by atoms with Gasteiger partial charge >= 0.3 is 6.18 Å². The fraction of sp³-hybridized carbons (Fsp3) is 0.238. The molecule has 2 unspecified atom stereocenters. The summed E-state index contributed by atoms with van der Waals surface area (Å²) in [5, 5.41) is 20.5. The highest BCUT2D eigenvalue weighted by molar-refractivity contribution is 9.10. The van der Waals surface area contributed by atoms with E-state index < -0.39 is 52.8 Å². The van der Waals surface area contributed by atoms with E-state index in [2.05, 4.69) is 20.9 Å². The van der Waals surface area contributed by atoms with E-state index in [0.29, 0.717) is 0 Å². The van der Waals surface area contributed by atoms with Gasteiger partial charge < -0.3 is 25.1 Å². The van der Waals surface area contributed by atoms with Crippen molar-refractivity contribution in [2.75, 3.05) is 6.61 Å². The molecule has 182 valence electrons. The third-order valence-electron chi connectivity index (χ3n) is 4.68. The highest BCUT2D eigenvalue weighted by Crippen LogP contribution is 2.35. The Balaban J connectivity index is 1.66. The third kappa shape index (κ3) is 5.54. The number of carbonyl (C=O) groups is 1. The molecule has 3 rings (SSSR count). The fourth-order valence-corrected chi connectivity index (χ4v) is 3.40. The normalized spacial score (nSPS) is 13.5. The molecule has 7 nitrogen and oxygen atoms in total. The molecule has 0 aliphatic carbocycles. The van der Waals surface area contributed by atoms with Crippen molar-refractivity contribution in [1.29, 1.82) is 0 Å². The van der Waals surface area contributed by atoms with Gasteiger partial charge in [-0.05, 0) is 40.2 Å². The van der Waals surface area contributed by atoms with E-state index in [4.69, 9.17) is 14.9 Å². The van der Waals surface area contributed by atoms with Gasteiger partial charge in [0.15, 0.2) is 22.3 Å². The number of hydrogen-bond donors (Lipinski definition) is 3. The zero-order chi connectivity index (χ0) is 25.2. The van der Waals surface area contributed by atoms with Crippen LogP contribution in [-0.2, 0) is 6.18 Å². The van der Waals surface area contributed by atoms with Crippen LogP contribution in [0.4, 0.5) is 22.0 Å². The number of amides is 1. The van der Waals surface area contributed by atoms with Gasteiger partial charge in [0.05, 0.1) is 18.3 Å². The minimum absolute atomic E-state index is 0.0112. The van der Waals surface area contributed by atoms with Gasteiger partial charge in [-0.25, -0.2) is 13.8 Å². The Hall–Kier alpha value is -3.03.